The summed E-state index contributed by atoms with van der Waals surface area (Å²) >= 11 is 6.29. The van der Waals surface area contributed by atoms with Crippen LogP contribution in [0.4, 0.5) is 16.0 Å². The molecule has 13 heteroatoms. The fourth-order valence-corrected chi connectivity index (χ4v) is 4.08. The molecule has 11 nitrogen and oxygen atoms in total. The summed E-state index contributed by atoms with van der Waals surface area (Å²) in [5, 5.41) is 18.4. The van der Waals surface area contributed by atoms with Gasteiger partial charge in [0.1, 0.15) is 29.3 Å². The molecule has 35 heavy (non-hydrogen) atoms. The lowest BCUT2D eigenvalue weighted by Gasteiger charge is -2.21. The van der Waals surface area contributed by atoms with E-state index >= 15 is 0 Å². The Bertz CT molecular complexity index is 1640. The van der Waals surface area contributed by atoms with Gasteiger partial charge in [0.2, 0.25) is 5.89 Å². The highest BCUT2D eigenvalue weighted by atomic mass is 35.5. The number of nitrogens with zero attached hydrogens (tertiary/aromatic N) is 6. The Kier molecular flexibility index (Phi) is 5.44. The van der Waals surface area contributed by atoms with Crippen molar-refractivity contribution in [2.75, 3.05) is 11.1 Å². The van der Waals surface area contributed by atoms with Crippen molar-refractivity contribution in [3.05, 3.63) is 69.1 Å². The average molecular weight is 496 g/mol. The van der Waals surface area contributed by atoms with Gasteiger partial charge in [0.05, 0.1) is 22.1 Å². The molecule has 0 fully saturated rings. The Morgan fingerprint density at radius 3 is 2.71 bits per heavy atom. The number of nitrogens with two attached hydrogens (primary N) is 1. The number of benzene rings is 1. The van der Waals surface area contributed by atoms with Crippen LogP contribution in [0.15, 0.2) is 39.8 Å². The first kappa shape index (κ1) is 22.5. The molecule has 0 radical (unpaired) electrons. The highest BCUT2D eigenvalue weighted by molar-refractivity contribution is 6.35. The summed E-state index contributed by atoms with van der Waals surface area (Å²) in [6.45, 7) is 5.23. The van der Waals surface area contributed by atoms with Gasteiger partial charge in [0.25, 0.3) is 11.4 Å². The quantitative estimate of drug-likeness (QED) is 0.331. The molecule has 4 aromatic heterocycles. The van der Waals surface area contributed by atoms with Crippen molar-refractivity contribution in [3.8, 4) is 17.3 Å². The minimum Gasteiger partial charge on any atom is -0.421 e. The summed E-state index contributed by atoms with van der Waals surface area (Å²) < 4.78 is 21.7. The van der Waals surface area contributed by atoms with Crippen LogP contribution in [0.25, 0.3) is 28.0 Å². The van der Waals surface area contributed by atoms with Crippen molar-refractivity contribution < 1.29 is 8.81 Å². The van der Waals surface area contributed by atoms with E-state index in [4.69, 9.17) is 21.8 Å². The van der Waals surface area contributed by atoms with E-state index in [0.717, 1.165) is 5.69 Å². The first-order chi connectivity index (χ1) is 16.7. The summed E-state index contributed by atoms with van der Waals surface area (Å²) in [5.74, 6) is 0.633. The van der Waals surface area contributed by atoms with E-state index in [0.29, 0.717) is 23.0 Å². The van der Waals surface area contributed by atoms with E-state index in [1.54, 1.807) is 32.9 Å². The van der Waals surface area contributed by atoms with Crippen LogP contribution >= 0.6 is 11.6 Å². The van der Waals surface area contributed by atoms with Gasteiger partial charge in [0, 0.05) is 24.1 Å². The van der Waals surface area contributed by atoms with Gasteiger partial charge in [-0.2, -0.15) is 5.10 Å². The molecule has 0 bridgehead atoms. The molecular formula is C22H19ClFN9O2. The van der Waals surface area contributed by atoms with E-state index in [1.807, 2.05) is 0 Å². The number of aryl methyl sites for hydroxylation is 2. The van der Waals surface area contributed by atoms with Gasteiger partial charge in [-0.05, 0) is 32.0 Å². The van der Waals surface area contributed by atoms with E-state index in [9.17, 15) is 9.18 Å². The number of H-pyrrole nitrogens is 1. The third-order valence-corrected chi connectivity index (χ3v) is 5.76. The van der Waals surface area contributed by atoms with Crippen LogP contribution in [-0.4, -0.2) is 34.9 Å². The summed E-state index contributed by atoms with van der Waals surface area (Å²) in [7, 11) is 0. The first-order valence-electron chi connectivity index (χ1n) is 10.5. The van der Waals surface area contributed by atoms with Crippen molar-refractivity contribution in [1.82, 2.24) is 34.9 Å². The highest BCUT2D eigenvalue weighted by Crippen LogP contribution is 2.33. The Morgan fingerprint density at radius 1 is 1.23 bits per heavy atom. The molecule has 0 aliphatic carbocycles. The molecule has 1 atom stereocenters. The molecule has 4 heterocycles. The maximum atomic E-state index is 14.8. The fraction of sp³-hybridized carbons (Fsp3) is 0.182. The maximum absolute atomic E-state index is 14.8. The highest BCUT2D eigenvalue weighted by Gasteiger charge is 2.24. The molecule has 0 aliphatic rings. The Labute approximate surface area is 202 Å². The molecular weight excluding hydrogens is 477 g/mol. The smallest absolute Gasteiger partial charge is 0.266 e. The van der Waals surface area contributed by atoms with Gasteiger partial charge < -0.3 is 15.5 Å². The largest absolute Gasteiger partial charge is 0.421 e. The molecule has 0 amide bonds. The maximum Gasteiger partial charge on any atom is 0.266 e. The summed E-state index contributed by atoms with van der Waals surface area (Å²) in [6.07, 6.45) is 1.28. The van der Waals surface area contributed by atoms with Gasteiger partial charge >= 0.3 is 0 Å². The third kappa shape index (κ3) is 3.87. The van der Waals surface area contributed by atoms with Gasteiger partial charge in [0.15, 0.2) is 5.82 Å². The van der Waals surface area contributed by atoms with Crippen molar-refractivity contribution in [3.63, 3.8) is 0 Å². The standard InChI is InChI=1S/C22H19ClFN9O2/c1-9-6-16(31-29-9)33-15(7-12-14(24)5-4-13(23)17(12)22(33)34)10(2)28-20-18(19(25)26-8-27-20)21-32-30-11(3)35-21/h4-8,10H,1-3H3,(H,29,31)(H3,25,26,27,28). The number of aromatic nitrogens is 7. The zero-order valence-corrected chi connectivity index (χ0v) is 19.6. The van der Waals surface area contributed by atoms with E-state index in [2.05, 4.69) is 35.7 Å². The molecule has 1 aromatic carbocycles. The minimum atomic E-state index is -0.598. The van der Waals surface area contributed by atoms with Crippen LogP contribution < -0.4 is 16.6 Å². The Hall–Kier alpha value is -4.32. The molecule has 5 rings (SSSR count). The summed E-state index contributed by atoms with van der Waals surface area (Å²) in [4.78, 5) is 21.9. The number of hydrogen-bond acceptors (Lipinski definition) is 9. The first-order valence-corrected chi connectivity index (χ1v) is 10.9. The second-order valence-electron chi connectivity index (χ2n) is 7.91. The number of hydrogen-bond donors (Lipinski definition) is 3. The van der Waals surface area contributed by atoms with Crippen LogP contribution in [0.1, 0.15) is 30.2 Å². The lowest BCUT2D eigenvalue weighted by molar-refractivity contribution is 0.532. The van der Waals surface area contributed by atoms with Crippen molar-refractivity contribution in [2.24, 2.45) is 0 Å². The number of anilines is 2. The van der Waals surface area contributed by atoms with Gasteiger partial charge in [-0.15, -0.1) is 10.2 Å². The molecule has 0 saturated carbocycles. The van der Waals surface area contributed by atoms with Crippen LogP contribution in [0.3, 0.4) is 0 Å². The average Bonchev–Trinajstić information content (AvgIpc) is 3.44. The SMILES string of the molecule is Cc1cc(-n2c(C(C)Nc3ncnc(N)c3-c3nnc(C)o3)cc3c(F)ccc(Cl)c3c2=O)n[nH]1. The normalized spacial score (nSPS) is 12.3. The monoisotopic (exact) mass is 495 g/mol. The minimum absolute atomic E-state index is 0.0524. The van der Waals surface area contributed by atoms with Gasteiger partial charge in [-0.3, -0.25) is 14.5 Å². The number of nitrogens with one attached hydrogen (secondary N) is 2. The molecule has 5 aromatic rings. The molecule has 0 spiro atoms. The van der Waals surface area contributed by atoms with Crippen LogP contribution in [0.5, 0.6) is 0 Å². The number of aromatic amines is 1. The zero-order valence-electron chi connectivity index (χ0n) is 18.8. The van der Waals surface area contributed by atoms with Crippen molar-refractivity contribution in [2.45, 2.75) is 26.8 Å². The molecule has 1 unspecified atom stereocenters. The Balaban J connectivity index is 1.70. The van der Waals surface area contributed by atoms with Crippen molar-refractivity contribution in [1.29, 1.82) is 0 Å². The number of nitrogen functional groups attached to an aromatic ring is 1. The lowest BCUT2D eigenvalue weighted by Crippen LogP contribution is -2.26. The molecule has 178 valence electrons. The van der Waals surface area contributed by atoms with Crippen LogP contribution in [0.2, 0.25) is 5.02 Å². The van der Waals surface area contributed by atoms with Crippen molar-refractivity contribution >= 4 is 34.0 Å². The van der Waals surface area contributed by atoms with Gasteiger partial charge in [-0.25, -0.2) is 14.4 Å². The van der Waals surface area contributed by atoms with Crippen LogP contribution in [-0.2, 0) is 0 Å². The predicted molar refractivity (Wildman–Crippen MR) is 128 cm³/mol. The summed E-state index contributed by atoms with van der Waals surface area (Å²) in [6, 6.07) is 5.23. The number of rotatable bonds is 5. The van der Waals surface area contributed by atoms with E-state index < -0.39 is 17.4 Å². The topological polar surface area (TPSA) is 153 Å². The predicted octanol–water partition coefficient (Wildman–Crippen LogP) is 3.72. The molecule has 0 aliphatic heterocycles. The number of halogens is 2. The van der Waals surface area contributed by atoms with E-state index in [1.165, 1.54) is 23.0 Å². The summed E-state index contributed by atoms with van der Waals surface area (Å²) in [5.41, 5.74) is 7.01. The fourth-order valence-electron chi connectivity index (χ4n) is 3.84. The number of fused-ring (bicyclic) bond motifs is 1. The Morgan fingerprint density at radius 2 is 2.03 bits per heavy atom. The van der Waals surface area contributed by atoms with Crippen LogP contribution in [0, 0.1) is 19.7 Å². The lowest BCUT2D eigenvalue weighted by atomic mass is 10.1. The molecule has 4 N–H and O–H groups in total. The number of pyridine rings is 1. The second kappa shape index (κ2) is 8.47. The second-order valence-corrected chi connectivity index (χ2v) is 8.32. The molecule has 0 saturated heterocycles. The third-order valence-electron chi connectivity index (χ3n) is 5.44. The van der Waals surface area contributed by atoms with Gasteiger partial charge in [-0.1, -0.05) is 11.6 Å². The van der Waals surface area contributed by atoms with E-state index in [-0.39, 0.29) is 33.3 Å². The zero-order chi connectivity index (χ0) is 24.9.